The van der Waals surface area contributed by atoms with E-state index in [0.29, 0.717) is 42.5 Å². The van der Waals surface area contributed by atoms with E-state index in [1.807, 2.05) is 48.2 Å². The number of thiocarbonyl (C=S) groups is 1. The van der Waals surface area contributed by atoms with E-state index < -0.39 is 0 Å². The van der Waals surface area contributed by atoms with Crippen molar-refractivity contribution in [2.75, 3.05) is 13.2 Å². The summed E-state index contributed by atoms with van der Waals surface area (Å²) < 4.78 is 5.50. The van der Waals surface area contributed by atoms with Gasteiger partial charge in [-0.3, -0.25) is 10.1 Å². The van der Waals surface area contributed by atoms with E-state index >= 15 is 0 Å². The molecule has 0 bridgehead atoms. The first-order valence-electron chi connectivity index (χ1n) is 8.38. The van der Waals surface area contributed by atoms with Gasteiger partial charge in [-0.2, -0.15) is 5.26 Å². The van der Waals surface area contributed by atoms with Crippen LogP contribution in [0.2, 0.25) is 0 Å². The predicted octanol–water partition coefficient (Wildman–Crippen LogP) is 3.52. The summed E-state index contributed by atoms with van der Waals surface area (Å²) in [4.78, 5) is 14.4. The zero-order chi connectivity index (χ0) is 18.8. The van der Waals surface area contributed by atoms with Crippen LogP contribution in [-0.2, 0) is 6.54 Å². The molecule has 0 fully saturated rings. The zero-order valence-corrected chi connectivity index (χ0v) is 15.5. The normalized spacial score (nSPS) is 9.85. The number of hydrogen-bond acceptors (Lipinski definition) is 4. The van der Waals surface area contributed by atoms with Gasteiger partial charge in [0.25, 0.3) is 5.91 Å². The van der Waals surface area contributed by atoms with Crippen LogP contribution in [0, 0.1) is 11.3 Å². The lowest BCUT2D eigenvalue weighted by Gasteiger charge is -2.24. The van der Waals surface area contributed by atoms with Gasteiger partial charge in [-0.1, -0.05) is 42.5 Å². The minimum atomic E-state index is -0.325. The van der Waals surface area contributed by atoms with Gasteiger partial charge in [0, 0.05) is 13.1 Å². The Bertz CT molecular complexity index is 787. The van der Waals surface area contributed by atoms with Crippen LogP contribution in [0.5, 0.6) is 5.75 Å². The van der Waals surface area contributed by atoms with Crippen molar-refractivity contribution in [3.8, 4) is 11.8 Å². The average molecular weight is 367 g/mol. The van der Waals surface area contributed by atoms with Crippen molar-refractivity contribution in [2.24, 2.45) is 0 Å². The third-order valence-corrected chi connectivity index (χ3v) is 4.01. The summed E-state index contributed by atoms with van der Waals surface area (Å²) in [5.41, 5.74) is 1.48. The zero-order valence-electron chi connectivity index (χ0n) is 14.6. The Morgan fingerprint density at radius 2 is 1.88 bits per heavy atom. The summed E-state index contributed by atoms with van der Waals surface area (Å²) in [5.74, 6) is 0.191. The maximum Gasteiger partial charge on any atom is 0.261 e. The molecule has 0 spiro atoms. The molecule has 26 heavy (non-hydrogen) atoms. The number of hydrogen-bond donors (Lipinski definition) is 1. The number of nitrogens with zero attached hydrogens (tertiary/aromatic N) is 2. The van der Waals surface area contributed by atoms with Crippen LogP contribution in [0.25, 0.3) is 0 Å². The Morgan fingerprint density at radius 3 is 2.58 bits per heavy atom. The van der Waals surface area contributed by atoms with Gasteiger partial charge in [0.05, 0.1) is 24.7 Å². The Labute approximate surface area is 159 Å². The Morgan fingerprint density at radius 1 is 1.19 bits per heavy atom. The summed E-state index contributed by atoms with van der Waals surface area (Å²) in [5, 5.41) is 11.9. The SMILES string of the molecule is CCOc1ccccc1C(=O)NC(=S)N(CCC#N)Cc1ccccc1. The van der Waals surface area contributed by atoms with E-state index in [1.54, 1.807) is 18.2 Å². The third-order valence-electron chi connectivity index (χ3n) is 3.65. The molecule has 0 aromatic heterocycles. The molecule has 134 valence electrons. The molecule has 2 rings (SSSR count). The molecule has 1 amide bonds. The number of amides is 1. The molecule has 0 aliphatic rings. The number of rotatable bonds is 7. The lowest BCUT2D eigenvalue weighted by atomic mass is 10.2. The van der Waals surface area contributed by atoms with Crippen LogP contribution in [-0.4, -0.2) is 29.1 Å². The number of para-hydroxylation sites is 1. The van der Waals surface area contributed by atoms with Gasteiger partial charge in [-0.15, -0.1) is 0 Å². The summed E-state index contributed by atoms with van der Waals surface area (Å²) in [6, 6.07) is 18.9. The van der Waals surface area contributed by atoms with E-state index in [0.717, 1.165) is 5.56 Å². The van der Waals surface area contributed by atoms with Crippen molar-refractivity contribution in [3.63, 3.8) is 0 Å². The molecular weight excluding hydrogens is 346 g/mol. The highest BCUT2D eigenvalue weighted by molar-refractivity contribution is 7.80. The number of carbonyl (C=O) groups excluding carboxylic acids is 1. The summed E-state index contributed by atoms with van der Waals surface area (Å²) in [7, 11) is 0. The first kappa shape index (κ1) is 19.4. The topological polar surface area (TPSA) is 65.4 Å². The number of ether oxygens (including phenoxy) is 1. The molecule has 0 radical (unpaired) electrons. The van der Waals surface area contributed by atoms with Crippen LogP contribution >= 0.6 is 12.2 Å². The second kappa shape index (κ2) is 10.2. The fourth-order valence-electron chi connectivity index (χ4n) is 2.42. The predicted molar refractivity (Wildman–Crippen MR) is 105 cm³/mol. The van der Waals surface area contributed by atoms with Crippen LogP contribution in [0.1, 0.15) is 29.3 Å². The monoisotopic (exact) mass is 367 g/mol. The van der Waals surface area contributed by atoms with Crippen LogP contribution in [0.4, 0.5) is 0 Å². The smallest absolute Gasteiger partial charge is 0.261 e. The molecule has 5 nitrogen and oxygen atoms in total. The highest BCUT2D eigenvalue weighted by Crippen LogP contribution is 2.18. The average Bonchev–Trinajstić information content (AvgIpc) is 2.66. The van der Waals surface area contributed by atoms with Crippen molar-refractivity contribution >= 4 is 23.2 Å². The molecule has 2 aromatic carbocycles. The second-order valence-electron chi connectivity index (χ2n) is 5.50. The fraction of sp³-hybridized carbons (Fsp3) is 0.250. The molecule has 0 saturated carbocycles. The van der Waals surface area contributed by atoms with Gasteiger partial charge in [0.15, 0.2) is 5.11 Å². The largest absolute Gasteiger partial charge is 0.493 e. The first-order valence-corrected chi connectivity index (χ1v) is 8.79. The molecule has 1 N–H and O–H groups in total. The van der Waals surface area contributed by atoms with Gasteiger partial charge in [-0.05, 0) is 36.8 Å². The Hall–Kier alpha value is -2.91. The Balaban J connectivity index is 2.10. The number of carbonyl (C=O) groups is 1. The molecular formula is C20H21N3O2S. The van der Waals surface area contributed by atoms with E-state index in [9.17, 15) is 4.79 Å². The lowest BCUT2D eigenvalue weighted by Crippen LogP contribution is -2.42. The minimum Gasteiger partial charge on any atom is -0.493 e. The molecule has 0 saturated heterocycles. The quantitative estimate of drug-likeness (QED) is 0.759. The minimum absolute atomic E-state index is 0.292. The summed E-state index contributed by atoms with van der Waals surface area (Å²) in [6.45, 7) is 3.30. The van der Waals surface area contributed by atoms with Crippen molar-refractivity contribution < 1.29 is 9.53 Å². The van der Waals surface area contributed by atoms with Gasteiger partial charge >= 0.3 is 0 Å². The lowest BCUT2D eigenvalue weighted by molar-refractivity contribution is 0.0969. The molecule has 0 atom stereocenters. The number of nitrogens with one attached hydrogen (secondary N) is 1. The summed E-state index contributed by atoms with van der Waals surface area (Å²) in [6.07, 6.45) is 0.318. The van der Waals surface area contributed by atoms with E-state index in [1.165, 1.54) is 0 Å². The fourth-order valence-corrected chi connectivity index (χ4v) is 2.67. The summed E-state index contributed by atoms with van der Waals surface area (Å²) >= 11 is 5.42. The van der Waals surface area contributed by atoms with Gasteiger partial charge in [0.2, 0.25) is 0 Å². The van der Waals surface area contributed by atoms with Crippen molar-refractivity contribution in [1.82, 2.24) is 10.2 Å². The molecule has 6 heteroatoms. The first-order chi connectivity index (χ1) is 12.7. The van der Waals surface area contributed by atoms with Crippen molar-refractivity contribution in [1.29, 1.82) is 5.26 Å². The van der Waals surface area contributed by atoms with E-state index in [2.05, 4.69) is 11.4 Å². The third kappa shape index (κ3) is 5.57. The van der Waals surface area contributed by atoms with E-state index in [4.69, 9.17) is 22.2 Å². The van der Waals surface area contributed by atoms with Crippen LogP contribution in [0.15, 0.2) is 54.6 Å². The van der Waals surface area contributed by atoms with Crippen LogP contribution in [0.3, 0.4) is 0 Å². The second-order valence-corrected chi connectivity index (χ2v) is 5.89. The number of nitriles is 1. The van der Waals surface area contributed by atoms with E-state index in [-0.39, 0.29) is 5.91 Å². The molecule has 0 unspecified atom stereocenters. The van der Waals surface area contributed by atoms with Crippen molar-refractivity contribution in [2.45, 2.75) is 19.9 Å². The van der Waals surface area contributed by atoms with Crippen LogP contribution < -0.4 is 10.1 Å². The Kier molecular flexibility index (Phi) is 7.59. The van der Waals surface area contributed by atoms with Gasteiger partial charge < -0.3 is 9.64 Å². The standard InChI is InChI=1S/C20H21N3O2S/c1-2-25-18-12-7-6-11-17(18)19(24)22-20(26)23(14-8-13-21)15-16-9-4-3-5-10-16/h3-7,9-12H,2,8,14-15H2,1H3,(H,22,24,26). The van der Waals surface area contributed by atoms with Gasteiger partial charge in [0.1, 0.15) is 5.75 Å². The van der Waals surface area contributed by atoms with Crippen molar-refractivity contribution in [3.05, 3.63) is 65.7 Å². The highest BCUT2D eigenvalue weighted by Gasteiger charge is 2.17. The molecule has 0 aliphatic carbocycles. The molecule has 2 aromatic rings. The molecule has 0 aliphatic heterocycles. The highest BCUT2D eigenvalue weighted by atomic mass is 32.1. The maximum absolute atomic E-state index is 12.6. The molecule has 0 heterocycles. The maximum atomic E-state index is 12.6. The number of benzene rings is 2. The van der Waals surface area contributed by atoms with Gasteiger partial charge in [-0.25, -0.2) is 0 Å².